The molecule has 1 saturated heterocycles. The van der Waals surface area contributed by atoms with Crippen molar-refractivity contribution in [2.75, 3.05) is 13.1 Å². The summed E-state index contributed by atoms with van der Waals surface area (Å²) in [4.78, 5) is 2.16. The first-order chi connectivity index (χ1) is 5.93. The summed E-state index contributed by atoms with van der Waals surface area (Å²) < 4.78 is 24.3. The second-order valence-electron chi connectivity index (χ2n) is 4.27. The molecule has 14 heavy (non-hydrogen) atoms. The standard InChI is InChI=1S/C9H18F2N2.CH4/c1-7(2)13-4-3-9(12,6-13)5-8(10)11;/h7-8H,3-6,12H2,1-2H3;1H4/t9-;/m0./s1. The summed E-state index contributed by atoms with van der Waals surface area (Å²) in [6.07, 6.45) is -1.76. The molecule has 1 aliphatic rings. The van der Waals surface area contributed by atoms with Crippen LogP contribution in [0, 0.1) is 0 Å². The van der Waals surface area contributed by atoms with Crippen molar-refractivity contribution in [3.8, 4) is 0 Å². The zero-order chi connectivity index (χ0) is 10.1. The fraction of sp³-hybridized carbons (Fsp3) is 1.00. The summed E-state index contributed by atoms with van der Waals surface area (Å²) in [6, 6.07) is 0.406. The zero-order valence-electron chi connectivity index (χ0n) is 8.26. The number of halogens is 2. The Labute approximate surface area is 85.5 Å². The highest BCUT2D eigenvalue weighted by atomic mass is 19.3. The molecule has 0 bridgehead atoms. The van der Waals surface area contributed by atoms with Crippen molar-refractivity contribution in [1.82, 2.24) is 4.90 Å². The van der Waals surface area contributed by atoms with Crippen LogP contribution in [0.3, 0.4) is 0 Å². The first-order valence-corrected chi connectivity index (χ1v) is 4.74. The van der Waals surface area contributed by atoms with Crippen LogP contribution < -0.4 is 5.73 Å². The lowest BCUT2D eigenvalue weighted by molar-refractivity contribution is 0.104. The molecule has 2 N–H and O–H groups in total. The second-order valence-corrected chi connectivity index (χ2v) is 4.27. The van der Waals surface area contributed by atoms with Gasteiger partial charge in [0.2, 0.25) is 6.43 Å². The summed E-state index contributed by atoms with van der Waals surface area (Å²) in [5.41, 5.74) is 5.21. The van der Waals surface area contributed by atoms with Crippen molar-refractivity contribution >= 4 is 0 Å². The van der Waals surface area contributed by atoms with E-state index in [0.29, 0.717) is 19.0 Å². The Morgan fingerprint density at radius 2 is 2.00 bits per heavy atom. The number of nitrogens with two attached hydrogens (primary N) is 1. The van der Waals surface area contributed by atoms with Gasteiger partial charge in [0.15, 0.2) is 0 Å². The van der Waals surface area contributed by atoms with Crippen LogP contribution >= 0.6 is 0 Å². The molecule has 1 rings (SSSR count). The fourth-order valence-corrected chi connectivity index (χ4v) is 1.84. The van der Waals surface area contributed by atoms with Crippen molar-refractivity contribution in [3.63, 3.8) is 0 Å². The summed E-state index contributed by atoms with van der Waals surface area (Å²) >= 11 is 0. The Balaban J connectivity index is 0.00000169. The fourth-order valence-electron chi connectivity index (χ4n) is 1.84. The number of nitrogens with zero attached hydrogens (tertiary/aromatic N) is 1. The van der Waals surface area contributed by atoms with Gasteiger partial charge in [-0.3, -0.25) is 4.90 Å². The summed E-state index contributed by atoms with van der Waals surface area (Å²) in [5.74, 6) is 0. The Bertz CT molecular complexity index is 174. The minimum atomic E-state index is -2.28. The largest absolute Gasteiger partial charge is 0.324 e. The van der Waals surface area contributed by atoms with Gasteiger partial charge in [-0.05, 0) is 20.3 Å². The Morgan fingerprint density at radius 1 is 1.43 bits per heavy atom. The molecule has 0 unspecified atom stereocenters. The van der Waals surface area contributed by atoms with E-state index < -0.39 is 12.0 Å². The molecule has 0 aromatic carbocycles. The third-order valence-corrected chi connectivity index (χ3v) is 2.71. The number of alkyl halides is 2. The van der Waals surface area contributed by atoms with Crippen LogP contribution in [0.5, 0.6) is 0 Å². The summed E-state index contributed by atoms with van der Waals surface area (Å²) in [7, 11) is 0. The predicted molar refractivity (Wildman–Crippen MR) is 55.6 cm³/mol. The maximum atomic E-state index is 12.2. The van der Waals surface area contributed by atoms with Gasteiger partial charge >= 0.3 is 0 Å². The Morgan fingerprint density at radius 3 is 2.36 bits per heavy atom. The predicted octanol–water partition coefficient (Wildman–Crippen LogP) is 2.09. The van der Waals surface area contributed by atoms with E-state index in [2.05, 4.69) is 18.7 Å². The van der Waals surface area contributed by atoms with Gasteiger partial charge < -0.3 is 5.73 Å². The van der Waals surface area contributed by atoms with Crippen LogP contribution in [0.2, 0.25) is 0 Å². The van der Waals surface area contributed by atoms with Gasteiger partial charge in [-0.2, -0.15) is 0 Å². The molecule has 4 heteroatoms. The Hall–Kier alpha value is -0.220. The van der Waals surface area contributed by atoms with Crippen molar-refractivity contribution in [1.29, 1.82) is 0 Å². The van der Waals surface area contributed by atoms with E-state index in [1.165, 1.54) is 0 Å². The first-order valence-electron chi connectivity index (χ1n) is 4.74. The van der Waals surface area contributed by atoms with Crippen LogP contribution in [0.1, 0.15) is 34.1 Å². The monoisotopic (exact) mass is 208 g/mol. The molecule has 0 radical (unpaired) electrons. The molecule has 0 aliphatic carbocycles. The molecule has 0 spiro atoms. The van der Waals surface area contributed by atoms with Crippen LogP contribution in [0.15, 0.2) is 0 Å². The minimum Gasteiger partial charge on any atom is -0.324 e. The lowest BCUT2D eigenvalue weighted by Crippen LogP contribution is -2.45. The highest BCUT2D eigenvalue weighted by Gasteiger charge is 2.37. The van der Waals surface area contributed by atoms with Crippen molar-refractivity contribution < 1.29 is 8.78 Å². The van der Waals surface area contributed by atoms with Crippen LogP contribution in [-0.4, -0.2) is 36.0 Å². The van der Waals surface area contributed by atoms with Gasteiger partial charge in [-0.1, -0.05) is 7.43 Å². The number of hydrogen-bond donors (Lipinski definition) is 1. The molecule has 0 amide bonds. The smallest absolute Gasteiger partial charge is 0.240 e. The number of hydrogen-bond acceptors (Lipinski definition) is 2. The van der Waals surface area contributed by atoms with E-state index in [1.54, 1.807) is 0 Å². The van der Waals surface area contributed by atoms with E-state index in [-0.39, 0.29) is 13.8 Å². The van der Waals surface area contributed by atoms with Gasteiger partial charge in [-0.15, -0.1) is 0 Å². The second kappa shape index (κ2) is 5.03. The third kappa shape index (κ3) is 3.50. The molecule has 0 aromatic rings. The highest BCUT2D eigenvalue weighted by Crippen LogP contribution is 2.26. The summed E-state index contributed by atoms with van der Waals surface area (Å²) in [6.45, 7) is 5.58. The molecule has 1 heterocycles. The van der Waals surface area contributed by atoms with Crippen molar-refractivity contribution in [2.45, 2.75) is 52.1 Å². The van der Waals surface area contributed by atoms with E-state index in [9.17, 15) is 8.78 Å². The molecule has 1 fully saturated rings. The van der Waals surface area contributed by atoms with Crippen LogP contribution in [0.25, 0.3) is 0 Å². The number of rotatable bonds is 3. The van der Waals surface area contributed by atoms with Gasteiger partial charge in [0.25, 0.3) is 0 Å². The molecule has 86 valence electrons. The van der Waals surface area contributed by atoms with E-state index >= 15 is 0 Å². The van der Waals surface area contributed by atoms with E-state index in [4.69, 9.17) is 5.73 Å². The minimum absolute atomic E-state index is 0. The number of likely N-dealkylation sites (tertiary alicyclic amines) is 1. The van der Waals surface area contributed by atoms with Gasteiger partial charge in [-0.25, -0.2) is 8.78 Å². The SMILES string of the molecule is C.CC(C)N1CC[C@](N)(CC(F)F)C1. The van der Waals surface area contributed by atoms with Gasteiger partial charge in [0.1, 0.15) is 0 Å². The molecule has 0 aromatic heterocycles. The van der Waals surface area contributed by atoms with Gasteiger partial charge in [0, 0.05) is 31.1 Å². The molecule has 0 saturated carbocycles. The maximum Gasteiger partial charge on any atom is 0.240 e. The normalized spacial score (nSPS) is 28.5. The van der Waals surface area contributed by atoms with E-state index in [1.807, 2.05) is 0 Å². The van der Waals surface area contributed by atoms with Crippen LogP contribution in [0.4, 0.5) is 8.78 Å². The molecular weight excluding hydrogens is 186 g/mol. The molecule has 2 nitrogen and oxygen atoms in total. The van der Waals surface area contributed by atoms with Crippen LogP contribution in [-0.2, 0) is 0 Å². The van der Waals surface area contributed by atoms with Crippen molar-refractivity contribution in [2.24, 2.45) is 5.73 Å². The van der Waals surface area contributed by atoms with E-state index in [0.717, 1.165) is 6.54 Å². The van der Waals surface area contributed by atoms with Gasteiger partial charge in [0.05, 0.1) is 0 Å². The lowest BCUT2D eigenvalue weighted by atomic mass is 9.96. The molecule has 1 aliphatic heterocycles. The molecular formula is C10H22F2N2. The maximum absolute atomic E-state index is 12.2. The summed E-state index contributed by atoms with van der Waals surface area (Å²) in [5, 5.41) is 0. The zero-order valence-corrected chi connectivity index (χ0v) is 8.26. The topological polar surface area (TPSA) is 29.3 Å². The lowest BCUT2D eigenvalue weighted by Gasteiger charge is -2.26. The molecule has 1 atom stereocenters. The first kappa shape index (κ1) is 13.8. The Kier molecular flexibility index (Phi) is 4.95. The highest BCUT2D eigenvalue weighted by molar-refractivity contribution is 4.95. The average molecular weight is 208 g/mol. The average Bonchev–Trinajstić information content (AvgIpc) is 2.29. The van der Waals surface area contributed by atoms with Crippen molar-refractivity contribution in [3.05, 3.63) is 0 Å². The third-order valence-electron chi connectivity index (χ3n) is 2.71. The quantitative estimate of drug-likeness (QED) is 0.769.